The van der Waals surface area contributed by atoms with Crippen molar-refractivity contribution in [2.75, 3.05) is 0 Å². The summed E-state index contributed by atoms with van der Waals surface area (Å²) in [4.78, 5) is 0. The Labute approximate surface area is 124 Å². The van der Waals surface area contributed by atoms with Gasteiger partial charge in [-0.25, -0.2) is 8.78 Å². The number of ether oxygens (including phenoxy) is 1. The maximum Gasteiger partial charge on any atom is 0.165 e. The normalized spacial score (nSPS) is 12.2. The molecule has 0 amide bonds. The van der Waals surface area contributed by atoms with Gasteiger partial charge in [-0.15, -0.1) is 0 Å². The molecule has 0 fully saturated rings. The highest BCUT2D eigenvalue weighted by Crippen LogP contribution is 2.24. The topological polar surface area (TPSA) is 35.2 Å². The highest BCUT2D eigenvalue weighted by Gasteiger charge is 2.09. The Morgan fingerprint density at radius 2 is 1.95 bits per heavy atom. The average Bonchev–Trinajstić information content (AvgIpc) is 2.38. The molecule has 1 atom stereocenters. The van der Waals surface area contributed by atoms with Crippen molar-refractivity contribution in [2.24, 2.45) is 5.73 Å². The summed E-state index contributed by atoms with van der Waals surface area (Å²) < 4.78 is 32.8. The number of halogens is 3. The van der Waals surface area contributed by atoms with Gasteiger partial charge in [-0.3, -0.25) is 0 Å². The van der Waals surface area contributed by atoms with Gasteiger partial charge in [-0.1, -0.05) is 28.1 Å². The molecule has 2 rings (SSSR count). The molecule has 0 saturated carbocycles. The summed E-state index contributed by atoms with van der Waals surface area (Å²) in [5.41, 5.74) is 7.13. The van der Waals surface area contributed by atoms with Gasteiger partial charge in [0.2, 0.25) is 0 Å². The van der Waals surface area contributed by atoms with E-state index in [0.717, 1.165) is 5.56 Å². The van der Waals surface area contributed by atoms with Crippen molar-refractivity contribution in [1.29, 1.82) is 0 Å². The molecule has 0 saturated heterocycles. The Hall–Kier alpha value is -1.46. The Morgan fingerprint density at radius 3 is 2.55 bits per heavy atom. The smallest absolute Gasteiger partial charge is 0.165 e. The highest BCUT2D eigenvalue weighted by molar-refractivity contribution is 9.10. The van der Waals surface area contributed by atoms with E-state index in [0.29, 0.717) is 10.0 Å². The molecule has 0 radical (unpaired) electrons. The Bertz CT molecular complexity index is 617. The van der Waals surface area contributed by atoms with Crippen LogP contribution in [-0.2, 0) is 6.61 Å². The van der Waals surface area contributed by atoms with Crippen LogP contribution in [0, 0.1) is 11.6 Å². The second-order valence-electron chi connectivity index (χ2n) is 4.50. The molecule has 2 nitrogen and oxygen atoms in total. The van der Waals surface area contributed by atoms with Gasteiger partial charge in [-0.2, -0.15) is 0 Å². The largest absolute Gasteiger partial charge is 0.486 e. The maximum atomic E-state index is 13.8. The molecule has 0 aromatic heterocycles. The lowest BCUT2D eigenvalue weighted by molar-refractivity contribution is 0.289. The second kappa shape index (κ2) is 6.33. The van der Waals surface area contributed by atoms with Gasteiger partial charge in [0.1, 0.15) is 12.4 Å². The van der Waals surface area contributed by atoms with Crippen LogP contribution < -0.4 is 10.5 Å². The number of hydrogen-bond acceptors (Lipinski definition) is 2. The first-order chi connectivity index (χ1) is 9.47. The molecule has 0 unspecified atom stereocenters. The average molecular weight is 342 g/mol. The number of rotatable bonds is 4. The van der Waals surface area contributed by atoms with E-state index < -0.39 is 5.82 Å². The van der Waals surface area contributed by atoms with Crippen LogP contribution in [-0.4, -0.2) is 0 Å². The zero-order valence-electron chi connectivity index (χ0n) is 10.9. The molecule has 2 aromatic rings. The van der Waals surface area contributed by atoms with Gasteiger partial charge in [0.05, 0.1) is 0 Å². The van der Waals surface area contributed by atoms with E-state index in [1.165, 1.54) is 18.2 Å². The van der Waals surface area contributed by atoms with E-state index in [-0.39, 0.29) is 24.2 Å². The lowest BCUT2D eigenvalue weighted by Crippen LogP contribution is -2.06. The third-order valence-corrected chi connectivity index (χ3v) is 3.62. The van der Waals surface area contributed by atoms with E-state index in [9.17, 15) is 8.78 Å². The van der Waals surface area contributed by atoms with Crippen molar-refractivity contribution in [2.45, 2.75) is 19.6 Å². The first-order valence-corrected chi connectivity index (χ1v) is 6.88. The first-order valence-electron chi connectivity index (χ1n) is 6.09. The van der Waals surface area contributed by atoms with Crippen molar-refractivity contribution in [1.82, 2.24) is 0 Å². The van der Waals surface area contributed by atoms with Crippen LogP contribution in [0.5, 0.6) is 5.75 Å². The zero-order valence-corrected chi connectivity index (χ0v) is 12.5. The van der Waals surface area contributed by atoms with Gasteiger partial charge in [0.15, 0.2) is 11.6 Å². The molecular weight excluding hydrogens is 328 g/mol. The predicted molar refractivity (Wildman–Crippen MR) is 77.4 cm³/mol. The minimum Gasteiger partial charge on any atom is -0.486 e. The Balaban J connectivity index is 2.11. The lowest BCUT2D eigenvalue weighted by Gasteiger charge is -2.11. The van der Waals surface area contributed by atoms with Crippen molar-refractivity contribution >= 4 is 15.9 Å². The Morgan fingerprint density at radius 1 is 1.20 bits per heavy atom. The van der Waals surface area contributed by atoms with Crippen LogP contribution in [0.1, 0.15) is 24.1 Å². The van der Waals surface area contributed by atoms with Gasteiger partial charge in [0.25, 0.3) is 0 Å². The van der Waals surface area contributed by atoms with Crippen molar-refractivity contribution in [3.8, 4) is 5.75 Å². The molecule has 0 spiro atoms. The van der Waals surface area contributed by atoms with E-state index >= 15 is 0 Å². The van der Waals surface area contributed by atoms with Crippen molar-refractivity contribution in [3.05, 3.63) is 63.6 Å². The van der Waals surface area contributed by atoms with Crippen molar-refractivity contribution < 1.29 is 13.5 Å². The molecule has 20 heavy (non-hydrogen) atoms. The molecule has 5 heteroatoms. The van der Waals surface area contributed by atoms with Crippen LogP contribution in [0.25, 0.3) is 0 Å². The molecule has 0 heterocycles. The molecule has 2 aromatic carbocycles. The monoisotopic (exact) mass is 341 g/mol. The Kier molecular flexibility index (Phi) is 4.73. The predicted octanol–water partition coefficient (Wildman–Crippen LogP) is 4.33. The summed E-state index contributed by atoms with van der Waals surface area (Å²) in [6.07, 6.45) is 0. The second-order valence-corrected chi connectivity index (χ2v) is 5.36. The van der Waals surface area contributed by atoms with Crippen LogP contribution in [0.4, 0.5) is 8.78 Å². The summed E-state index contributed by atoms with van der Waals surface area (Å²) in [7, 11) is 0. The molecular formula is C15H14BrF2NO. The third-order valence-electron chi connectivity index (χ3n) is 2.88. The van der Waals surface area contributed by atoms with E-state index in [1.807, 2.05) is 0 Å². The minimum absolute atomic E-state index is 0.144. The van der Waals surface area contributed by atoms with Gasteiger partial charge >= 0.3 is 0 Å². The number of hydrogen-bond donors (Lipinski definition) is 1. The van der Waals surface area contributed by atoms with Gasteiger partial charge in [0, 0.05) is 16.1 Å². The van der Waals surface area contributed by atoms with Crippen LogP contribution in [0.2, 0.25) is 0 Å². The standard InChI is InChI=1S/C15H14BrF2NO/c1-9(19)10-3-5-15(14(18)6-10)20-8-11-2-4-12(17)7-13(11)16/h2-7,9H,8,19H2,1H3/t9-/m0/s1. The summed E-state index contributed by atoms with van der Waals surface area (Å²) in [6, 6.07) is 8.67. The minimum atomic E-state index is -0.460. The summed E-state index contributed by atoms with van der Waals surface area (Å²) in [5.74, 6) is -0.656. The van der Waals surface area contributed by atoms with Crippen LogP contribution in [0.15, 0.2) is 40.9 Å². The van der Waals surface area contributed by atoms with E-state index in [4.69, 9.17) is 10.5 Å². The molecule has 0 aliphatic heterocycles. The fourth-order valence-corrected chi connectivity index (χ4v) is 2.18. The molecule has 2 N–H and O–H groups in total. The van der Waals surface area contributed by atoms with Gasteiger partial charge < -0.3 is 10.5 Å². The summed E-state index contributed by atoms with van der Waals surface area (Å²) in [5, 5.41) is 0. The summed E-state index contributed by atoms with van der Waals surface area (Å²) >= 11 is 3.24. The zero-order chi connectivity index (χ0) is 14.7. The molecule has 0 aliphatic rings. The number of nitrogens with two attached hydrogens (primary N) is 1. The maximum absolute atomic E-state index is 13.8. The SMILES string of the molecule is C[C@H](N)c1ccc(OCc2ccc(F)cc2Br)c(F)c1. The third kappa shape index (κ3) is 3.55. The molecule has 0 aliphatic carbocycles. The summed E-state index contributed by atoms with van der Waals surface area (Å²) in [6.45, 7) is 1.93. The van der Waals surface area contributed by atoms with Crippen LogP contribution in [0.3, 0.4) is 0 Å². The van der Waals surface area contributed by atoms with Crippen LogP contribution >= 0.6 is 15.9 Å². The molecule has 0 bridgehead atoms. The molecule has 106 valence electrons. The first kappa shape index (κ1) is 14.9. The van der Waals surface area contributed by atoms with E-state index in [2.05, 4.69) is 15.9 Å². The highest BCUT2D eigenvalue weighted by atomic mass is 79.9. The van der Waals surface area contributed by atoms with Crippen molar-refractivity contribution in [3.63, 3.8) is 0 Å². The fraction of sp³-hybridized carbons (Fsp3) is 0.200. The van der Waals surface area contributed by atoms with Gasteiger partial charge in [-0.05, 0) is 36.8 Å². The quantitative estimate of drug-likeness (QED) is 0.898. The van der Waals surface area contributed by atoms with E-state index in [1.54, 1.807) is 25.1 Å². The fourth-order valence-electron chi connectivity index (χ4n) is 1.71. The lowest BCUT2D eigenvalue weighted by atomic mass is 10.1. The number of benzene rings is 2.